The molecule has 0 unspecified atom stereocenters. The van der Waals surface area contributed by atoms with Crippen molar-refractivity contribution in [3.05, 3.63) is 83.1 Å². The van der Waals surface area contributed by atoms with E-state index in [1.54, 1.807) is 6.92 Å². The van der Waals surface area contributed by atoms with Gasteiger partial charge in [0.15, 0.2) is 5.65 Å². The van der Waals surface area contributed by atoms with Crippen LogP contribution >= 0.6 is 11.8 Å². The second-order valence-electron chi connectivity index (χ2n) is 8.98. The van der Waals surface area contributed by atoms with Gasteiger partial charge in [0.25, 0.3) is 0 Å². The van der Waals surface area contributed by atoms with Gasteiger partial charge in [0, 0.05) is 23.4 Å². The lowest BCUT2D eigenvalue weighted by molar-refractivity contribution is -0.139. The van der Waals surface area contributed by atoms with E-state index in [0.29, 0.717) is 34.1 Å². The van der Waals surface area contributed by atoms with Crippen LogP contribution in [0, 0.1) is 13.8 Å². The predicted molar refractivity (Wildman–Crippen MR) is 148 cm³/mol. The minimum atomic E-state index is -0.644. The fourth-order valence-electron chi connectivity index (χ4n) is 4.69. The largest absolute Gasteiger partial charge is 0.463 e. The van der Waals surface area contributed by atoms with Crippen LogP contribution in [-0.2, 0) is 16.1 Å². The predicted octanol–water partition coefficient (Wildman–Crippen LogP) is 4.75. The first kappa shape index (κ1) is 25.5. The highest BCUT2D eigenvalue weighted by Gasteiger charge is 2.34. The van der Waals surface area contributed by atoms with Gasteiger partial charge < -0.3 is 19.9 Å². The number of fused-ring (bicyclic) bond motifs is 3. The first-order valence-corrected chi connectivity index (χ1v) is 13.3. The zero-order chi connectivity index (χ0) is 26.8. The van der Waals surface area contributed by atoms with Gasteiger partial charge in [-0.25, -0.2) is 14.6 Å². The van der Waals surface area contributed by atoms with E-state index >= 15 is 0 Å². The number of nitrogens with one attached hydrogen (secondary N) is 2. The number of carbonyl (C=O) groups excluding carboxylic acids is 2. The van der Waals surface area contributed by atoms with Crippen molar-refractivity contribution in [1.29, 1.82) is 0 Å². The first-order chi connectivity index (χ1) is 18.4. The van der Waals surface area contributed by atoms with Crippen LogP contribution in [-0.4, -0.2) is 44.1 Å². The van der Waals surface area contributed by atoms with Gasteiger partial charge in [-0.05, 0) is 38.0 Å². The number of amides is 2. The van der Waals surface area contributed by atoms with E-state index in [1.165, 1.54) is 11.8 Å². The fourth-order valence-corrected chi connectivity index (χ4v) is 5.44. The lowest BCUT2D eigenvalue weighted by Crippen LogP contribution is -2.46. The van der Waals surface area contributed by atoms with Crippen LogP contribution in [0.4, 0.5) is 4.79 Å². The van der Waals surface area contributed by atoms with Crippen molar-refractivity contribution in [2.24, 2.45) is 0 Å². The van der Waals surface area contributed by atoms with Gasteiger partial charge in [0.2, 0.25) is 5.16 Å². The van der Waals surface area contributed by atoms with E-state index in [9.17, 15) is 9.59 Å². The minimum absolute atomic E-state index is 0.216. The Morgan fingerprint density at radius 1 is 1.21 bits per heavy atom. The maximum Gasteiger partial charge on any atom is 0.338 e. The number of esters is 1. The molecule has 0 radical (unpaired) electrons. The zero-order valence-corrected chi connectivity index (χ0v) is 22.3. The molecule has 0 spiro atoms. The topological polar surface area (TPSA) is 111 Å². The van der Waals surface area contributed by atoms with Crippen molar-refractivity contribution >= 4 is 45.8 Å². The average molecular weight is 529 g/mol. The second kappa shape index (κ2) is 10.7. The lowest BCUT2D eigenvalue weighted by Gasteiger charge is -2.30. The molecule has 9 nitrogen and oxygen atoms in total. The fraction of sp³-hybridized carbons (Fsp3) is 0.250. The third kappa shape index (κ3) is 4.74. The molecule has 0 saturated carbocycles. The smallest absolute Gasteiger partial charge is 0.338 e. The van der Waals surface area contributed by atoms with Crippen LogP contribution in [0.1, 0.15) is 29.7 Å². The van der Waals surface area contributed by atoms with Gasteiger partial charge in [0.05, 0.1) is 23.7 Å². The van der Waals surface area contributed by atoms with Crippen LogP contribution < -0.4 is 10.6 Å². The average Bonchev–Trinajstić information content (AvgIpc) is 3.21. The number of rotatable bonds is 8. The van der Waals surface area contributed by atoms with E-state index < -0.39 is 12.0 Å². The van der Waals surface area contributed by atoms with Crippen LogP contribution in [0.25, 0.3) is 22.1 Å². The number of urea groups is 1. The summed E-state index contributed by atoms with van der Waals surface area (Å²) in [4.78, 5) is 30.6. The van der Waals surface area contributed by atoms with Gasteiger partial charge in [-0.1, -0.05) is 59.8 Å². The Morgan fingerprint density at radius 2 is 2.03 bits per heavy atom. The highest BCUT2D eigenvalue weighted by atomic mass is 32.2. The zero-order valence-electron chi connectivity index (χ0n) is 21.4. The number of para-hydroxylation sites is 1. The van der Waals surface area contributed by atoms with Crippen LogP contribution in [0.3, 0.4) is 0 Å². The van der Waals surface area contributed by atoms with E-state index in [1.807, 2.05) is 67.0 Å². The molecular formula is C28H28N6O3S. The lowest BCUT2D eigenvalue weighted by atomic mass is 9.91. The number of nitrogens with zero attached hydrogens (tertiary/aromatic N) is 4. The van der Waals surface area contributed by atoms with Crippen molar-refractivity contribution in [2.75, 3.05) is 12.4 Å². The molecule has 2 N–H and O–H groups in total. The maximum absolute atomic E-state index is 13.2. The highest BCUT2D eigenvalue weighted by Crippen LogP contribution is 2.33. The number of benzene rings is 2. The Bertz CT molecular complexity index is 1610. The number of hydrogen-bond donors (Lipinski definition) is 2. The van der Waals surface area contributed by atoms with Gasteiger partial charge in [0.1, 0.15) is 5.52 Å². The number of carbonyl (C=O) groups is 2. The molecule has 0 saturated heterocycles. The van der Waals surface area contributed by atoms with Crippen molar-refractivity contribution in [2.45, 2.75) is 38.5 Å². The number of aromatic nitrogens is 4. The maximum atomic E-state index is 13.2. The van der Waals surface area contributed by atoms with Gasteiger partial charge in [-0.2, -0.15) is 0 Å². The highest BCUT2D eigenvalue weighted by molar-refractivity contribution is 7.99. The summed E-state index contributed by atoms with van der Waals surface area (Å²) in [5, 5.41) is 15.9. The summed E-state index contributed by atoms with van der Waals surface area (Å²) < 4.78 is 7.45. The quantitative estimate of drug-likeness (QED) is 0.193. The molecule has 38 heavy (non-hydrogen) atoms. The number of aryl methyl sites for hydroxylation is 2. The summed E-state index contributed by atoms with van der Waals surface area (Å²) in [5.41, 5.74) is 6.07. The van der Waals surface area contributed by atoms with Crippen LogP contribution in [0.5, 0.6) is 0 Å². The third-order valence-electron chi connectivity index (χ3n) is 6.41. The Balaban J connectivity index is 1.54. The SMILES string of the molecule is C=CCn1c2ccccc2c2nnc(SCC3=C(C(=O)OCC)[C@H](c4cc(C)ccc4C)NC(=O)N3)nc21. The molecule has 3 heterocycles. The molecule has 0 fully saturated rings. The Hall–Kier alpha value is -4.18. The summed E-state index contributed by atoms with van der Waals surface area (Å²) in [6.07, 6.45) is 1.81. The number of ether oxygens (including phenoxy) is 1. The van der Waals surface area contributed by atoms with Crippen molar-refractivity contribution in [3.63, 3.8) is 0 Å². The molecule has 2 aromatic heterocycles. The molecule has 1 aliphatic heterocycles. The van der Waals surface area contributed by atoms with Crippen LogP contribution in [0.2, 0.25) is 0 Å². The molecule has 1 aliphatic rings. The summed E-state index contributed by atoms with van der Waals surface area (Å²) in [5.74, 6) is -0.236. The summed E-state index contributed by atoms with van der Waals surface area (Å²) in [6.45, 7) is 10.3. The molecule has 4 aromatic rings. The number of hydrogen-bond acceptors (Lipinski definition) is 7. The van der Waals surface area contributed by atoms with E-state index in [-0.39, 0.29) is 18.4 Å². The normalized spacial score (nSPS) is 15.4. The van der Waals surface area contributed by atoms with Crippen LogP contribution in [0.15, 0.2) is 71.5 Å². The molecular weight excluding hydrogens is 500 g/mol. The monoisotopic (exact) mass is 528 g/mol. The van der Waals surface area contributed by atoms with Gasteiger partial charge in [-0.3, -0.25) is 0 Å². The third-order valence-corrected chi connectivity index (χ3v) is 7.27. The molecule has 0 bridgehead atoms. The Labute approximate surface area is 224 Å². The number of allylic oxidation sites excluding steroid dienone is 1. The summed E-state index contributed by atoms with van der Waals surface area (Å²) >= 11 is 1.29. The van der Waals surface area contributed by atoms with E-state index in [2.05, 4.69) is 27.4 Å². The van der Waals surface area contributed by atoms with Gasteiger partial charge in [-0.15, -0.1) is 16.8 Å². The molecule has 0 aliphatic carbocycles. The molecule has 5 rings (SSSR count). The first-order valence-electron chi connectivity index (χ1n) is 12.3. The molecule has 1 atom stereocenters. The molecule has 2 amide bonds. The van der Waals surface area contributed by atoms with E-state index in [0.717, 1.165) is 27.6 Å². The second-order valence-corrected chi connectivity index (χ2v) is 9.92. The molecule has 194 valence electrons. The summed E-state index contributed by atoms with van der Waals surface area (Å²) in [7, 11) is 0. The molecule has 2 aromatic carbocycles. The van der Waals surface area contributed by atoms with Gasteiger partial charge >= 0.3 is 12.0 Å². The standard InChI is InChI=1S/C28H28N6O3S/c1-5-13-34-21-10-8-7-9-18(21)24-25(34)31-28(33-32-24)38-15-20-22(26(35)37-6-2)23(30-27(36)29-20)19-14-16(3)11-12-17(19)4/h5,7-12,14,23H,1,6,13,15H2,2-4H3,(H2,29,30,36)/t23-/m0/s1. The van der Waals surface area contributed by atoms with Crippen molar-refractivity contribution < 1.29 is 14.3 Å². The number of thioether (sulfide) groups is 1. The van der Waals surface area contributed by atoms with E-state index in [4.69, 9.17) is 9.72 Å². The van der Waals surface area contributed by atoms with Crippen molar-refractivity contribution in [3.8, 4) is 0 Å². The minimum Gasteiger partial charge on any atom is -0.463 e. The Morgan fingerprint density at radius 3 is 2.82 bits per heavy atom. The summed E-state index contributed by atoms with van der Waals surface area (Å²) in [6, 6.07) is 12.9. The van der Waals surface area contributed by atoms with Crippen molar-refractivity contribution in [1.82, 2.24) is 30.4 Å². The Kier molecular flexibility index (Phi) is 7.15. The molecule has 10 heteroatoms.